The van der Waals surface area contributed by atoms with Gasteiger partial charge in [0.2, 0.25) is 0 Å². The molecule has 1 N–H and O–H groups in total. The number of hydrogen-bond acceptors (Lipinski definition) is 5. The highest BCUT2D eigenvalue weighted by molar-refractivity contribution is 4.89. The first-order chi connectivity index (χ1) is 9.54. The largest absolute Gasteiger partial charge is 0.396 e. The Kier molecular flexibility index (Phi) is 5.12. The number of aliphatic hydroxyl groups excluding tert-OH is 1. The fourth-order valence-corrected chi connectivity index (χ4v) is 3.26. The number of nitrogens with zero attached hydrogens (tertiary/aromatic N) is 5. The molecule has 0 spiro atoms. The first kappa shape index (κ1) is 15.4. The zero-order valence-corrected chi connectivity index (χ0v) is 12.9. The van der Waals surface area contributed by atoms with E-state index >= 15 is 0 Å². The smallest absolute Gasteiger partial charge is 0.129 e. The standard InChI is InChI=1S/C14H27N5O/c1-13-16-15-12-19(13)8-7-18-6-4-5-14(10-18,11-20)9-17(2)3/h12,20H,4-11H2,1-3H3. The maximum absolute atomic E-state index is 9.83. The van der Waals surface area contributed by atoms with Crippen LogP contribution >= 0.6 is 0 Å². The summed E-state index contributed by atoms with van der Waals surface area (Å²) in [5.74, 6) is 0.962. The second-order valence-electron chi connectivity index (χ2n) is 6.35. The van der Waals surface area contributed by atoms with Crippen LogP contribution in [0.5, 0.6) is 0 Å². The molecule has 1 aliphatic rings. The first-order valence-corrected chi connectivity index (χ1v) is 7.37. The van der Waals surface area contributed by atoms with Crippen molar-refractivity contribution in [1.29, 1.82) is 0 Å². The van der Waals surface area contributed by atoms with Crippen molar-refractivity contribution in [2.75, 3.05) is 46.9 Å². The number of hydrogen-bond donors (Lipinski definition) is 1. The predicted molar refractivity (Wildman–Crippen MR) is 78.5 cm³/mol. The van der Waals surface area contributed by atoms with Gasteiger partial charge < -0.3 is 19.5 Å². The lowest BCUT2D eigenvalue weighted by Crippen LogP contribution is -2.50. The lowest BCUT2D eigenvalue weighted by atomic mass is 9.80. The van der Waals surface area contributed by atoms with Gasteiger partial charge in [0.1, 0.15) is 12.2 Å². The average molecular weight is 281 g/mol. The van der Waals surface area contributed by atoms with Gasteiger partial charge in [-0.3, -0.25) is 0 Å². The molecule has 6 heteroatoms. The molecule has 2 heterocycles. The summed E-state index contributed by atoms with van der Waals surface area (Å²) in [5.41, 5.74) is 0.0317. The number of aliphatic hydroxyl groups is 1. The summed E-state index contributed by atoms with van der Waals surface area (Å²) >= 11 is 0. The Balaban J connectivity index is 1.91. The molecule has 0 aliphatic carbocycles. The highest BCUT2D eigenvalue weighted by Gasteiger charge is 2.35. The molecule has 1 aliphatic heterocycles. The van der Waals surface area contributed by atoms with Gasteiger partial charge in [-0.05, 0) is 40.4 Å². The molecule has 6 nitrogen and oxygen atoms in total. The third-order valence-corrected chi connectivity index (χ3v) is 4.19. The summed E-state index contributed by atoms with van der Waals surface area (Å²) in [6.45, 7) is 7.21. The molecule has 0 saturated carbocycles. The van der Waals surface area contributed by atoms with E-state index in [0.29, 0.717) is 0 Å². The molecule has 1 unspecified atom stereocenters. The van der Waals surface area contributed by atoms with E-state index in [4.69, 9.17) is 0 Å². The van der Waals surface area contributed by atoms with E-state index in [1.165, 1.54) is 0 Å². The Hall–Kier alpha value is -0.980. The van der Waals surface area contributed by atoms with Gasteiger partial charge in [0.25, 0.3) is 0 Å². The van der Waals surface area contributed by atoms with Gasteiger partial charge in [0.15, 0.2) is 0 Å². The van der Waals surface area contributed by atoms with Crippen molar-refractivity contribution in [1.82, 2.24) is 24.6 Å². The number of piperidine rings is 1. The fraction of sp³-hybridized carbons (Fsp3) is 0.857. The summed E-state index contributed by atoms with van der Waals surface area (Å²) in [6, 6.07) is 0. The van der Waals surface area contributed by atoms with Crippen LogP contribution in [0.15, 0.2) is 6.33 Å². The molecule has 0 bridgehead atoms. The van der Waals surface area contributed by atoms with Crippen molar-refractivity contribution in [2.24, 2.45) is 5.41 Å². The Morgan fingerprint density at radius 1 is 1.40 bits per heavy atom. The summed E-state index contributed by atoms with van der Waals surface area (Å²) in [6.07, 6.45) is 4.07. The summed E-state index contributed by atoms with van der Waals surface area (Å²) in [5, 5.41) is 17.8. The number of aryl methyl sites for hydroxylation is 1. The van der Waals surface area contributed by atoms with Crippen LogP contribution in [-0.4, -0.2) is 76.6 Å². The van der Waals surface area contributed by atoms with E-state index in [1.807, 2.05) is 6.92 Å². The normalized spacial score (nSPS) is 24.4. The molecule has 0 radical (unpaired) electrons. The predicted octanol–water partition coefficient (Wildman–Crippen LogP) is 0.223. The van der Waals surface area contributed by atoms with Crippen LogP contribution in [0.25, 0.3) is 0 Å². The van der Waals surface area contributed by atoms with E-state index in [9.17, 15) is 5.11 Å². The summed E-state index contributed by atoms with van der Waals surface area (Å²) in [7, 11) is 4.16. The Morgan fingerprint density at radius 2 is 2.20 bits per heavy atom. The highest BCUT2D eigenvalue weighted by atomic mass is 16.3. The van der Waals surface area contributed by atoms with E-state index < -0.39 is 0 Å². The second-order valence-corrected chi connectivity index (χ2v) is 6.35. The van der Waals surface area contributed by atoms with Gasteiger partial charge in [-0.2, -0.15) is 0 Å². The third-order valence-electron chi connectivity index (χ3n) is 4.19. The molecule has 1 saturated heterocycles. The maximum Gasteiger partial charge on any atom is 0.129 e. The zero-order chi connectivity index (χ0) is 14.6. The molecular formula is C14H27N5O. The lowest BCUT2D eigenvalue weighted by Gasteiger charge is -2.43. The van der Waals surface area contributed by atoms with Gasteiger partial charge in [0, 0.05) is 31.6 Å². The molecule has 0 amide bonds. The highest BCUT2D eigenvalue weighted by Crippen LogP contribution is 2.30. The van der Waals surface area contributed by atoms with Crippen molar-refractivity contribution in [3.8, 4) is 0 Å². The monoisotopic (exact) mass is 281 g/mol. The molecule has 1 atom stereocenters. The SMILES string of the molecule is Cc1nncn1CCN1CCCC(CO)(CN(C)C)C1. The Bertz CT molecular complexity index is 419. The van der Waals surface area contributed by atoms with E-state index in [0.717, 1.165) is 51.4 Å². The second kappa shape index (κ2) is 6.65. The Labute approximate surface area is 121 Å². The molecule has 1 aromatic rings. The molecule has 114 valence electrons. The number of rotatable bonds is 6. The average Bonchev–Trinajstić information content (AvgIpc) is 2.81. The van der Waals surface area contributed by atoms with Crippen LogP contribution in [0.3, 0.4) is 0 Å². The van der Waals surface area contributed by atoms with Gasteiger partial charge in [-0.25, -0.2) is 0 Å². The summed E-state index contributed by atoms with van der Waals surface area (Å²) in [4.78, 5) is 4.65. The lowest BCUT2D eigenvalue weighted by molar-refractivity contribution is 0.0124. The van der Waals surface area contributed by atoms with Crippen LogP contribution in [0, 0.1) is 12.3 Å². The minimum atomic E-state index is 0.0317. The molecule has 1 aromatic heterocycles. The van der Waals surface area contributed by atoms with Crippen LogP contribution < -0.4 is 0 Å². The minimum Gasteiger partial charge on any atom is -0.396 e. The van der Waals surface area contributed by atoms with Gasteiger partial charge >= 0.3 is 0 Å². The van der Waals surface area contributed by atoms with E-state index in [1.54, 1.807) is 6.33 Å². The van der Waals surface area contributed by atoms with Gasteiger partial charge in [0.05, 0.1) is 6.61 Å². The number of likely N-dealkylation sites (tertiary alicyclic amines) is 1. The van der Waals surface area contributed by atoms with E-state index in [2.05, 4.69) is 38.7 Å². The van der Waals surface area contributed by atoms with Gasteiger partial charge in [-0.15, -0.1) is 10.2 Å². The minimum absolute atomic E-state index is 0.0317. The van der Waals surface area contributed by atoms with Crippen LogP contribution in [0.4, 0.5) is 0 Å². The third kappa shape index (κ3) is 3.77. The van der Waals surface area contributed by atoms with Crippen molar-refractivity contribution in [3.63, 3.8) is 0 Å². The molecular weight excluding hydrogens is 254 g/mol. The topological polar surface area (TPSA) is 57.4 Å². The van der Waals surface area contributed by atoms with Crippen LogP contribution in [-0.2, 0) is 6.54 Å². The fourth-order valence-electron chi connectivity index (χ4n) is 3.26. The van der Waals surface area contributed by atoms with Crippen molar-refractivity contribution in [2.45, 2.75) is 26.3 Å². The Morgan fingerprint density at radius 3 is 2.80 bits per heavy atom. The maximum atomic E-state index is 9.83. The van der Waals surface area contributed by atoms with Gasteiger partial charge in [-0.1, -0.05) is 0 Å². The van der Waals surface area contributed by atoms with E-state index in [-0.39, 0.29) is 12.0 Å². The van der Waals surface area contributed by atoms with Crippen molar-refractivity contribution < 1.29 is 5.11 Å². The molecule has 2 rings (SSSR count). The summed E-state index contributed by atoms with van der Waals surface area (Å²) < 4.78 is 2.08. The quantitative estimate of drug-likeness (QED) is 0.808. The number of aromatic nitrogens is 3. The molecule has 0 aromatic carbocycles. The van der Waals surface area contributed by atoms with Crippen molar-refractivity contribution >= 4 is 0 Å². The first-order valence-electron chi connectivity index (χ1n) is 7.37. The molecule has 1 fully saturated rings. The van der Waals surface area contributed by atoms with Crippen LogP contribution in [0.2, 0.25) is 0 Å². The van der Waals surface area contributed by atoms with Crippen LogP contribution in [0.1, 0.15) is 18.7 Å². The van der Waals surface area contributed by atoms with Crippen molar-refractivity contribution in [3.05, 3.63) is 12.2 Å². The zero-order valence-electron chi connectivity index (χ0n) is 12.9. The molecule has 20 heavy (non-hydrogen) atoms.